The number of carbonyl (C=O) groups is 1. The maximum absolute atomic E-state index is 11.7. The van der Waals surface area contributed by atoms with Crippen LogP contribution < -0.4 is 16.4 Å². The number of rotatable bonds is 6. The number of primary amides is 1. The van der Waals surface area contributed by atoms with E-state index in [1.807, 2.05) is 18.2 Å². The highest BCUT2D eigenvalue weighted by Crippen LogP contribution is 2.21. The molecule has 3 aromatic heterocycles. The predicted molar refractivity (Wildman–Crippen MR) is 101 cm³/mol. The Labute approximate surface area is 151 Å². The van der Waals surface area contributed by atoms with Crippen LogP contribution in [0.5, 0.6) is 0 Å². The van der Waals surface area contributed by atoms with Gasteiger partial charge in [-0.1, -0.05) is 13.8 Å². The lowest BCUT2D eigenvalue weighted by Crippen LogP contribution is -2.23. The van der Waals surface area contributed by atoms with E-state index in [4.69, 9.17) is 5.73 Å². The number of fused-ring (bicyclic) bond motifs is 1. The lowest BCUT2D eigenvalue weighted by molar-refractivity contribution is 0.0996. The van der Waals surface area contributed by atoms with Crippen LogP contribution in [0.15, 0.2) is 36.8 Å². The van der Waals surface area contributed by atoms with Gasteiger partial charge in [0, 0.05) is 12.2 Å². The second-order valence-electron chi connectivity index (χ2n) is 6.38. The largest absolute Gasteiger partial charge is 0.366 e. The van der Waals surface area contributed by atoms with Crippen molar-refractivity contribution in [2.45, 2.75) is 26.8 Å². The number of nitrogens with zero attached hydrogens (tertiary/aromatic N) is 4. The van der Waals surface area contributed by atoms with Crippen LogP contribution in [0.2, 0.25) is 0 Å². The van der Waals surface area contributed by atoms with Gasteiger partial charge in [-0.3, -0.25) is 14.8 Å². The molecule has 0 saturated carbocycles. The van der Waals surface area contributed by atoms with Gasteiger partial charge in [-0.15, -0.1) is 0 Å². The van der Waals surface area contributed by atoms with Crippen LogP contribution in [0.3, 0.4) is 0 Å². The second-order valence-corrected chi connectivity index (χ2v) is 6.38. The Morgan fingerprint density at radius 1 is 1.12 bits per heavy atom. The molecule has 26 heavy (non-hydrogen) atoms. The molecule has 0 saturated heterocycles. The average molecular weight is 351 g/mol. The minimum Gasteiger partial charge on any atom is -0.366 e. The number of nitrogens with two attached hydrogens (primary N) is 1. The van der Waals surface area contributed by atoms with Crippen molar-refractivity contribution < 1.29 is 4.79 Å². The molecule has 1 atom stereocenters. The topological polar surface area (TPSA) is 119 Å². The van der Waals surface area contributed by atoms with Crippen molar-refractivity contribution in [1.82, 2.24) is 19.9 Å². The number of pyridine rings is 2. The highest BCUT2D eigenvalue weighted by molar-refractivity contribution is 5.96. The van der Waals surface area contributed by atoms with Gasteiger partial charge < -0.3 is 16.4 Å². The third-order valence-electron chi connectivity index (χ3n) is 4.10. The Kier molecular flexibility index (Phi) is 4.92. The summed E-state index contributed by atoms with van der Waals surface area (Å²) in [6, 6.07) is 5.72. The molecule has 3 heterocycles. The van der Waals surface area contributed by atoms with Crippen molar-refractivity contribution >= 4 is 34.3 Å². The van der Waals surface area contributed by atoms with Gasteiger partial charge in [0.05, 0.1) is 29.1 Å². The first kappa shape index (κ1) is 17.5. The van der Waals surface area contributed by atoms with E-state index >= 15 is 0 Å². The molecular weight excluding hydrogens is 330 g/mol. The van der Waals surface area contributed by atoms with E-state index in [0.717, 1.165) is 11.0 Å². The van der Waals surface area contributed by atoms with Crippen LogP contribution in [-0.4, -0.2) is 31.9 Å². The van der Waals surface area contributed by atoms with Crippen molar-refractivity contribution in [3.63, 3.8) is 0 Å². The fraction of sp³-hybridized carbons (Fsp3) is 0.278. The van der Waals surface area contributed by atoms with E-state index in [9.17, 15) is 4.79 Å². The lowest BCUT2D eigenvalue weighted by atomic mass is 10.1. The van der Waals surface area contributed by atoms with Crippen molar-refractivity contribution in [1.29, 1.82) is 0 Å². The normalized spacial score (nSPS) is 12.2. The zero-order valence-corrected chi connectivity index (χ0v) is 14.9. The Bertz CT molecular complexity index is 942. The van der Waals surface area contributed by atoms with E-state index in [-0.39, 0.29) is 17.6 Å². The minimum absolute atomic E-state index is 0.0638. The van der Waals surface area contributed by atoms with Crippen LogP contribution in [0, 0.1) is 5.92 Å². The van der Waals surface area contributed by atoms with E-state index in [0.29, 0.717) is 17.4 Å². The van der Waals surface area contributed by atoms with Crippen LogP contribution in [0.25, 0.3) is 11.0 Å². The number of nitrogens with one attached hydrogen (secondary N) is 2. The monoisotopic (exact) mass is 351 g/mol. The molecule has 0 bridgehead atoms. The van der Waals surface area contributed by atoms with Gasteiger partial charge in [0.2, 0.25) is 0 Å². The molecule has 0 aliphatic heterocycles. The van der Waals surface area contributed by atoms with Crippen LogP contribution in [0.1, 0.15) is 31.3 Å². The van der Waals surface area contributed by atoms with Crippen LogP contribution >= 0.6 is 0 Å². The molecule has 134 valence electrons. The number of anilines is 3. The summed E-state index contributed by atoms with van der Waals surface area (Å²) in [5, 5.41) is 6.34. The van der Waals surface area contributed by atoms with Gasteiger partial charge in [0.1, 0.15) is 5.82 Å². The van der Waals surface area contributed by atoms with Crippen molar-refractivity contribution in [3.05, 3.63) is 42.5 Å². The highest BCUT2D eigenvalue weighted by Gasteiger charge is 2.15. The molecule has 0 spiro atoms. The highest BCUT2D eigenvalue weighted by atomic mass is 16.1. The molecule has 0 radical (unpaired) electrons. The Morgan fingerprint density at radius 3 is 2.65 bits per heavy atom. The van der Waals surface area contributed by atoms with Gasteiger partial charge >= 0.3 is 0 Å². The number of hydrogen-bond donors (Lipinski definition) is 3. The molecule has 0 aromatic carbocycles. The molecule has 8 heteroatoms. The van der Waals surface area contributed by atoms with E-state index in [2.05, 4.69) is 51.3 Å². The summed E-state index contributed by atoms with van der Waals surface area (Å²) >= 11 is 0. The predicted octanol–water partition coefficient (Wildman–Crippen LogP) is 2.72. The standard InChI is InChI=1S/C18H21N7O/c1-10(2)11(3)23-15-9-22-16(17(19)26)18(25-15)24-12-7-14-13(21-8-12)5-4-6-20-14/h4-11H,1-3H3,(H2,19,26)(H2,23,24,25). The molecule has 0 fully saturated rings. The summed E-state index contributed by atoms with van der Waals surface area (Å²) in [5.74, 6) is 0.594. The summed E-state index contributed by atoms with van der Waals surface area (Å²) < 4.78 is 0. The summed E-state index contributed by atoms with van der Waals surface area (Å²) in [5.41, 5.74) is 7.64. The molecule has 4 N–H and O–H groups in total. The van der Waals surface area contributed by atoms with E-state index in [1.54, 1.807) is 12.4 Å². The number of carbonyl (C=O) groups excluding carboxylic acids is 1. The van der Waals surface area contributed by atoms with Crippen LogP contribution in [0.4, 0.5) is 17.3 Å². The average Bonchev–Trinajstić information content (AvgIpc) is 2.61. The maximum atomic E-state index is 11.7. The van der Waals surface area contributed by atoms with Gasteiger partial charge in [-0.25, -0.2) is 9.97 Å². The molecule has 8 nitrogen and oxygen atoms in total. The zero-order valence-electron chi connectivity index (χ0n) is 14.9. The van der Waals surface area contributed by atoms with Gasteiger partial charge in [-0.2, -0.15) is 0 Å². The summed E-state index contributed by atoms with van der Waals surface area (Å²) in [4.78, 5) is 28.9. The van der Waals surface area contributed by atoms with Gasteiger partial charge in [0.25, 0.3) is 5.91 Å². The fourth-order valence-corrected chi connectivity index (χ4v) is 2.28. The quantitative estimate of drug-likeness (QED) is 0.624. The molecule has 3 aromatic rings. The van der Waals surface area contributed by atoms with Gasteiger partial charge in [-0.05, 0) is 31.0 Å². The van der Waals surface area contributed by atoms with Crippen LogP contribution in [-0.2, 0) is 0 Å². The SMILES string of the molecule is CC(C)C(C)Nc1cnc(C(N)=O)c(Nc2cnc3cccnc3c2)n1. The van der Waals surface area contributed by atoms with Crippen molar-refractivity contribution in [2.75, 3.05) is 10.6 Å². The summed E-state index contributed by atoms with van der Waals surface area (Å²) in [7, 11) is 0. The Morgan fingerprint density at radius 2 is 1.92 bits per heavy atom. The molecule has 0 aliphatic carbocycles. The first-order valence-corrected chi connectivity index (χ1v) is 8.35. The fourth-order valence-electron chi connectivity index (χ4n) is 2.28. The van der Waals surface area contributed by atoms with E-state index in [1.165, 1.54) is 6.20 Å². The zero-order chi connectivity index (χ0) is 18.7. The number of hydrogen-bond acceptors (Lipinski definition) is 7. The third kappa shape index (κ3) is 3.85. The van der Waals surface area contributed by atoms with E-state index < -0.39 is 5.91 Å². The Balaban J connectivity index is 1.93. The molecule has 1 amide bonds. The summed E-state index contributed by atoms with van der Waals surface area (Å²) in [6.07, 6.45) is 4.85. The Hall–Kier alpha value is -3.29. The molecule has 3 rings (SSSR count). The number of amides is 1. The van der Waals surface area contributed by atoms with Crippen molar-refractivity contribution in [2.24, 2.45) is 11.7 Å². The van der Waals surface area contributed by atoms with Crippen molar-refractivity contribution in [3.8, 4) is 0 Å². The lowest BCUT2D eigenvalue weighted by Gasteiger charge is -2.19. The first-order valence-electron chi connectivity index (χ1n) is 8.35. The number of aromatic nitrogens is 4. The second kappa shape index (κ2) is 7.30. The maximum Gasteiger partial charge on any atom is 0.271 e. The first-order chi connectivity index (χ1) is 12.4. The third-order valence-corrected chi connectivity index (χ3v) is 4.10. The summed E-state index contributed by atoms with van der Waals surface area (Å²) in [6.45, 7) is 6.27. The molecule has 1 unspecified atom stereocenters. The molecule has 0 aliphatic rings. The smallest absolute Gasteiger partial charge is 0.271 e. The minimum atomic E-state index is -0.657. The molecular formula is C18H21N7O. The van der Waals surface area contributed by atoms with Gasteiger partial charge in [0.15, 0.2) is 11.5 Å².